The van der Waals surface area contributed by atoms with Crippen LogP contribution in [0.15, 0.2) is 0 Å². The Labute approximate surface area is 81.3 Å². The number of aliphatic hydroxyl groups excluding tert-OH is 1. The van der Waals surface area contributed by atoms with Gasteiger partial charge in [0.2, 0.25) is 0 Å². The largest absolute Gasteiger partial charge is 0.395 e. The van der Waals surface area contributed by atoms with Gasteiger partial charge in [0.25, 0.3) is 0 Å². The summed E-state index contributed by atoms with van der Waals surface area (Å²) in [6.07, 6.45) is 1.19. The Kier molecular flexibility index (Phi) is 3.33. The summed E-state index contributed by atoms with van der Waals surface area (Å²) in [6, 6.07) is 0.604. The van der Waals surface area contributed by atoms with Crippen molar-refractivity contribution in [3.8, 4) is 0 Å². The van der Waals surface area contributed by atoms with Gasteiger partial charge in [0, 0.05) is 24.7 Å². The molecule has 0 spiro atoms. The molecule has 1 heterocycles. The molecule has 1 fully saturated rings. The molecular formula is C10H22N2O. The standard InChI is InChI=1S/C10H22N2O/c1-10(2)7-9(8-12(10)4)11(3)5-6-13/h9,13H,5-8H2,1-4H3/t9-/m1/s1. The summed E-state index contributed by atoms with van der Waals surface area (Å²) in [7, 11) is 4.27. The Morgan fingerprint density at radius 3 is 2.54 bits per heavy atom. The molecule has 3 nitrogen and oxygen atoms in total. The van der Waals surface area contributed by atoms with Crippen molar-refractivity contribution in [1.29, 1.82) is 0 Å². The first-order chi connectivity index (χ1) is 5.97. The molecule has 1 aliphatic heterocycles. The lowest BCUT2D eigenvalue weighted by Gasteiger charge is -2.26. The number of likely N-dealkylation sites (N-methyl/N-ethyl adjacent to an activating group) is 2. The fourth-order valence-electron chi connectivity index (χ4n) is 2.00. The smallest absolute Gasteiger partial charge is 0.0558 e. The molecule has 0 radical (unpaired) electrons. The van der Waals surface area contributed by atoms with Crippen molar-refractivity contribution in [3.05, 3.63) is 0 Å². The molecular weight excluding hydrogens is 164 g/mol. The maximum Gasteiger partial charge on any atom is 0.0558 e. The van der Waals surface area contributed by atoms with E-state index in [0.717, 1.165) is 13.1 Å². The van der Waals surface area contributed by atoms with Crippen molar-refractivity contribution in [2.75, 3.05) is 33.8 Å². The minimum atomic E-state index is 0.261. The van der Waals surface area contributed by atoms with Gasteiger partial charge < -0.3 is 5.11 Å². The molecule has 0 unspecified atom stereocenters. The summed E-state index contributed by atoms with van der Waals surface area (Å²) in [5, 5.41) is 8.84. The van der Waals surface area contributed by atoms with Crippen LogP contribution in [0.4, 0.5) is 0 Å². The zero-order valence-electron chi connectivity index (χ0n) is 9.25. The summed E-state index contributed by atoms with van der Waals surface area (Å²) >= 11 is 0. The molecule has 0 aliphatic carbocycles. The van der Waals surface area contributed by atoms with Gasteiger partial charge in [0.15, 0.2) is 0 Å². The van der Waals surface area contributed by atoms with Gasteiger partial charge >= 0.3 is 0 Å². The molecule has 1 atom stereocenters. The molecule has 0 aromatic carbocycles. The number of aliphatic hydroxyl groups is 1. The first-order valence-electron chi connectivity index (χ1n) is 4.99. The third-order valence-corrected chi connectivity index (χ3v) is 3.33. The molecule has 0 aromatic rings. The fourth-order valence-corrected chi connectivity index (χ4v) is 2.00. The monoisotopic (exact) mass is 186 g/mol. The Balaban J connectivity index is 2.48. The van der Waals surface area contributed by atoms with E-state index in [0.29, 0.717) is 11.6 Å². The Bertz CT molecular complexity index is 170. The zero-order chi connectivity index (χ0) is 10.1. The number of hydrogen-bond donors (Lipinski definition) is 1. The molecule has 13 heavy (non-hydrogen) atoms. The van der Waals surface area contributed by atoms with E-state index in [1.54, 1.807) is 0 Å². The van der Waals surface area contributed by atoms with E-state index in [-0.39, 0.29) is 6.61 Å². The second-order valence-electron chi connectivity index (χ2n) is 4.76. The predicted molar refractivity (Wildman–Crippen MR) is 54.8 cm³/mol. The minimum absolute atomic E-state index is 0.261. The van der Waals surface area contributed by atoms with Gasteiger partial charge in [-0.15, -0.1) is 0 Å². The molecule has 0 amide bonds. The number of likely N-dealkylation sites (tertiary alicyclic amines) is 1. The van der Waals surface area contributed by atoms with Gasteiger partial charge in [-0.1, -0.05) is 0 Å². The first kappa shape index (κ1) is 11.0. The molecule has 0 saturated carbocycles. The van der Waals surface area contributed by atoms with Crippen molar-refractivity contribution >= 4 is 0 Å². The highest BCUT2D eigenvalue weighted by Gasteiger charge is 2.37. The number of rotatable bonds is 3. The van der Waals surface area contributed by atoms with Gasteiger partial charge in [-0.2, -0.15) is 0 Å². The molecule has 1 rings (SSSR count). The second kappa shape index (κ2) is 3.95. The highest BCUT2D eigenvalue weighted by Crippen LogP contribution is 2.28. The first-order valence-corrected chi connectivity index (χ1v) is 4.99. The Hall–Kier alpha value is -0.120. The van der Waals surface area contributed by atoms with Crippen LogP contribution in [0, 0.1) is 0 Å². The molecule has 0 aromatic heterocycles. The molecule has 78 valence electrons. The van der Waals surface area contributed by atoms with Crippen molar-refractivity contribution in [2.45, 2.75) is 31.8 Å². The molecule has 1 N–H and O–H groups in total. The molecule has 3 heteroatoms. The average molecular weight is 186 g/mol. The maximum atomic E-state index is 8.84. The normalized spacial score (nSPS) is 28.6. The quantitative estimate of drug-likeness (QED) is 0.691. The van der Waals surface area contributed by atoms with Crippen LogP contribution in [0.3, 0.4) is 0 Å². The minimum Gasteiger partial charge on any atom is -0.395 e. The average Bonchev–Trinajstić information content (AvgIpc) is 2.27. The summed E-state index contributed by atoms with van der Waals surface area (Å²) in [5.74, 6) is 0. The van der Waals surface area contributed by atoms with E-state index >= 15 is 0 Å². The fraction of sp³-hybridized carbons (Fsp3) is 1.00. The van der Waals surface area contributed by atoms with E-state index in [4.69, 9.17) is 5.11 Å². The van der Waals surface area contributed by atoms with Crippen LogP contribution in [0.5, 0.6) is 0 Å². The van der Waals surface area contributed by atoms with E-state index in [2.05, 4.69) is 37.7 Å². The topological polar surface area (TPSA) is 26.7 Å². The lowest BCUT2D eigenvalue weighted by Crippen LogP contribution is -2.35. The third-order valence-electron chi connectivity index (χ3n) is 3.33. The highest BCUT2D eigenvalue weighted by molar-refractivity contribution is 4.94. The van der Waals surface area contributed by atoms with E-state index in [1.807, 2.05) is 0 Å². The number of hydrogen-bond acceptors (Lipinski definition) is 3. The van der Waals surface area contributed by atoms with Crippen molar-refractivity contribution < 1.29 is 5.11 Å². The highest BCUT2D eigenvalue weighted by atomic mass is 16.3. The van der Waals surface area contributed by atoms with Crippen LogP contribution in [0.1, 0.15) is 20.3 Å². The van der Waals surface area contributed by atoms with Gasteiger partial charge in [-0.3, -0.25) is 9.80 Å². The van der Waals surface area contributed by atoms with E-state index in [9.17, 15) is 0 Å². The van der Waals surface area contributed by atoms with Gasteiger partial charge in [-0.05, 0) is 34.4 Å². The van der Waals surface area contributed by atoms with Crippen molar-refractivity contribution in [2.24, 2.45) is 0 Å². The Morgan fingerprint density at radius 1 is 1.54 bits per heavy atom. The van der Waals surface area contributed by atoms with E-state index < -0.39 is 0 Å². The van der Waals surface area contributed by atoms with Crippen LogP contribution < -0.4 is 0 Å². The van der Waals surface area contributed by atoms with Crippen LogP contribution in [0.2, 0.25) is 0 Å². The summed E-state index contributed by atoms with van der Waals surface area (Å²) in [4.78, 5) is 4.65. The van der Waals surface area contributed by atoms with Crippen LogP contribution in [-0.2, 0) is 0 Å². The summed E-state index contributed by atoms with van der Waals surface area (Å²) in [5.41, 5.74) is 0.314. The number of nitrogens with zero attached hydrogens (tertiary/aromatic N) is 2. The molecule has 1 saturated heterocycles. The lowest BCUT2D eigenvalue weighted by atomic mass is 10.0. The van der Waals surface area contributed by atoms with Gasteiger partial charge in [-0.25, -0.2) is 0 Å². The lowest BCUT2D eigenvalue weighted by molar-refractivity contribution is 0.181. The van der Waals surface area contributed by atoms with Crippen LogP contribution in [-0.4, -0.2) is 60.3 Å². The predicted octanol–water partition coefficient (Wildman–Crippen LogP) is 0.393. The van der Waals surface area contributed by atoms with Gasteiger partial charge in [0.1, 0.15) is 0 Å². The third kappa shape index (κ3) is 2.42. The second-order valence-corrected chi connectivity index (χ2v) is 4.76. The zero-order valence-corrected chi connectivity index (χ0v) is 9.25. The summed E-state index contributed by atoms with van der Waals surface area (Å²) < 4.78 is 0. The van der Waals surface area contributed by atoms with Crippen LogP contribution in [0.25, 0.3) is 0 Å². The Morgan fingerprint density at radius 2 is 2.15 bits per heavy atom. The molecule has 0 bridgehead atoms. The SMILES string of the molecule is CN(CCO)[C@H]1CN(C)C(C)(C)C1. The van der Waals surface area contributed by atoms with Crippen LogP contribution >= 0.6 is 0 Å². The van der Waals surface area contributed by atoms with Crippen molar-refractivity contribution in [1.82, 2.24) is 9.80 Å². The summed E-state index contributed by atoms with van der Waals surface area (Å²) in [6.45, 7) is 6.72. The van der Waals surface area contributed by atoms with Crippen molar-refractivity contribution in [3.63, 3.8) is 0 Å². The molecule has 1 aliphatic rings. The van der Waals surface area contributed by atoms with Gasteiger partial charge in [0.05, 0.1) is 6.61 Å². The maximum absolute atomic E-state index is 8.84. The van der Waals surface area contributed by atoms with E-state index in [1.165, 1.54) is 6.42 Å².